The predicted octanol–water partition coefficient (Wildman–Crippen LogP) is 4.34. The molecular formula is C34H45N6O5+. The molecule has 2 aliphatic carbocycles. The summed E-state index contributed by atoms with van der Waals surface area (Å²) in [6, 6.07) is -0.257. The van der Waals surface area contributed by atoms with Gasteiger partial charge in [-0.05, 0) is 71.0 Å². The Morgan fingerprint density at radius 3 is 2.60 bits per heavy atom. The quantitative estimate of drug-likeness (QED) is 0.257. The lowest BCUT2D eigenvalue weighted by Crippen LogP contribution is -2.42. The lowest BCUT2D eigenvalue weighted by atomic mass is 9.64. The highest BCUT2D eigenvalue weighted by Crippen LogP contribution is 2.48. The van der Waals surface area contributed by atoms with Gasteiger partial charge in [0.2, 0.25) is 11.5 Å². The fourth-order valence-corrected chi connectivity index (χ4v) is 7.83. The van der Waals surface area contributed by atoms with E-state index in [1.54, 1.807) is 13.1 Å². The van der Waals surface area contributed by atoms with Crippen molar-refractivity contribution in [2.24, 2.45) is 23.0 Å². The van der Waals surface area contributed by atoms with Crippen LogP contribution < -0.4 is 15.4 Å². The van der Waals surface area contributed by atoms with Gasteiger partial charge in [0.25, 0.3) is 11.7 Å². The first-order valence-corrected chi connectivity index (χ1v) is 16.3. The maximum atomic E-state index is 14.3. The van der Waals surface area contributed by atoms with E-state index < -0.39 is 17.3 Å². The molecule has 3 fully saturated rings. The van der Waals surface area contributed by atoms with Crippen LogP contribution in [0.5, 0.6) is 5.88 Å². The molecule has 45 heavy (non-hydrogen) atoms. The van der Waals surface area contributed by atoms with E-state index in [2.05, 4.69) is 23.0 Å². The highest BCUT2D eigenvalue weighted by atomic mass is 16.5. The summed E-state index contributed by atoms with van der Waals surface area (Å²) in [6.07, 6.45) is 12.4. The van der Waals surface area contributed by atoms with Crippen LogP contribution in [0.3, 0.4) is 0 Å². The Hall–Kier alpha value is -3.70. The van der Waals surface area contributed by atoms with Crippen LogP contribution in [-0.2, 0) is 9.53 Å². The molecule has 1 unspecified atom stereocenters. The number of rotatable bonds is 8. The average Bonchev–Trinajstić information content (AvgIpc) is 3.58. The van der Waals surface area contributed by atoms with E-state index in [-0.39, 0.29) is 47.2 Å². The van der Waals surface area contributed by atoms with Gasteiger partial charge in [0.1, 0.15) is 11.9 Å². The van der Waals surface area contributed by atoms with Crippen molar-refractivity contribution in [2.45, 2.75) is 76.4 Å². The number of fused-ring (bicyclic) bond motifs is 1. The van der Waals surface area contributed by atoms with E-state index in [0.29, 0.717) is 62.3 Å². The molecule has 11 nitrogen and oxygen atoms in total. The lowest BCUT2D eigenvalue weighted by molar-refractivity contribution is -0.325. The lowest BCUT2D eigenvalue weighted by Gasteiger charge is -2.40. The number of hydrogen-bond donors (Lipinski definition) is 1. The molecule has 5 atom stereocenters. The minimum absolute atomic E-state index is 0.0644. The second-order valence-corrected chi connectivity index (χ2v) is 13.2. The molecule has 3 aliphatic heterocycles. The van der Waals surface area contributed by atoms with E-state index in [0.717, 1.165) is 38.6 Å². The number of nitrogens with zero attached hydrogens (tertiary/aromatic N) is 5. The number of amides is 2. The minimum atomic E-state index is -0.794. The van der Waals surface area contributed by atoms with Crippen molar-refractivity contribution in [2.75, 3.05) is 38.8 Å². The standard InChI is InChI=1S/C34H44N6O5/c1-5-21-17-22(20-44-19-21)18-40-31-27(39(4)33(40)43)32(45-25(6-2)24-12-10-16-38(24)3)37-30(36-31)28(42)23-11-9-15-34(29(23)35)14-8-7-13-26(34)41/h5-6,18,21-22,24-25H,1-2,7-17,19-20H2,3-4H3,(H-,35,42)/p+1/b40-18+/t21-,22?,24-,25-,34+/m0/s1. The summed E-state index contributed by atoms with van der Waals surface area (Å²) in [5.41, 5.74) is 7.07. The number of Topliss-reactive ketones (excluding diaryl/α,β-unsaturated/α-hetero) is 2. The molecule has 1 saturated carbocycles. The highest BCUT2D eigenvalue weighted by Gasteiger charge is 2.48. The molecule has 0 bridgehead atoms. The number of ketones is 2. The number of likely N-dealkylation sites (N-methyl/N-ethyl adjacent to an activating group) is 1. The van der Waals surface area contributed by atoms with Gasteiger partial charge in [0.05, 0.1) is 37.9 Å². The zero-order valence-electron chi connectivity index (χ0n) is 26.5. The Balaban J connectivity index is 1.45. The van der Waals surface area contributed by atoms with Gasteiger partial charge >= 0.3 is 11.8 Å². The molecule has 1 aromatic heterocycles. The monoisotopic (exact) mass is 617 g/mol. The molecule has 2 N–H and O–H groups in total. The molecule has 1 aromatic rings. The highest BCUT2D eigenvalue weighted by molar-refractivity contribution is 6.09. The Bertz CT molecular complexity index is 1490. The van der Waals surface area contributed by atoms with E-state index >= 15 is 0 Å². The predicted molar refractivity (Wildman–Crippen MR) is 170 cm³/mol. The summed E-state index contributed by atoms with van der Waals surface area (Å²) < 4.78 is 13.8. The maximum absolute atomic E-state index is 14.3. The second-order valence-electron chi connectivity index (χ2n) is 13.2. The van der Waals surface area contributed by atoms with Crippen molar-refractivity contribution in [3.63, 3.8) is 0 Å². The topological polar surface area (TPSA) is 131 Å². The number of urea groups is 1. The Morgan fingerprint density at radius 2 is 1.89 bits per heavy atom. The van der Waals surface area contributed by atoms with Gasteiger partial charge in [0.15, 0.2) is 0 Å². The van der Waals surface area contributed by atoms with Gasteiger partial charge in [-0.25, -0.2) is 9.69 Å². The molecule has 0 radical (unpaired) electrons. The molecule has 2 amide bonds. The molecule has 240 valence electrons. The molecule has 6 rings (SSSR count). The van der Waals surface area contributed by atoms with Crippen LogP contribution in [-0.4, -0.2) is 89.3 Å². The SMILES string of the molecule is C=C[C@@H]1COCC(/C=[N+]2/C(=O)N(C)c3c(O[C@@H](C=C)[C@@H]4CCCN4C)nc(C(=O)C4=C(N)[C@]5(CCCCC5=O)CCC4)nc32)C1. The summed E-state index contributed by atoms with van der Waals surface area (Å²) in [4.78, 5) is 54.3. The molecular weight excluding hydrogens is 572 g/mol. The number of likely N-dealkylation sites (tertiary alicyclic amines) is 1. The third kappa shape index (κ3) is 5.54. The van der Waals surface area contributed by atoms with Gasteiger partial charge in [0, 0.05) is 29.5 Å². The molecule has 0 aromatic carbocycles. The first-order chi connectivity index (χ1) is 21.7. The van der Waals surface area contributed by atoms with Crippen molar-refractivity contribution >= 4 is 35.3 Å². The van der Waals surface area contributed by atoms with Gasteiger partial charge in [-0.15, -0.1) is 6.58 Å². The van der Waals surface area contributed by atoms with E-state index in [1.165, 1.54) is 9.48 Å². The van der Waals surface area contributed by atoms with Crippen molar-refractivity contribution in [1.82, 2.24) is 14.9 Å². The molecule has 5 aliphatic rings. The molecule has 2 saturated heterocycles. The summed E-state index contributed by atoms with van der Waals surface area (Å²) in [5.74, 6) is 0.107. The largest absolute Gasteiger partial charge is 0.466 e. The van der Waals surface area contributed by atoms with Gasteiger partial charge < -0.3 is 15.2 Å². The molecule has 4 heterocycles. The molecule has 1 spiro atoms. The van der Waals surface area contributed by atoms with Crippen LogP contribution in [0, 0.1) is 17.3 Å². The van der Waals surface area contributed by atoms with E-state index in [1.807, 2.05) is 19.3 Å². The summed E-state index contributed by atoms with van der Waals surface area (Å²) in [5, 5.41) is 0. The van der Waals surface area contributed by atoms with Crippen LogP contribution in [0.1, 0.15) is 74.8 Å². The number of allylic oxidation sites excluding steroid dienone is 2. The number of ether oxygens (including phenoxy) is 2. The fraction of sp³-hybridized carbons (Fsp3) is 0.588. The van der Waals surface area contributed by atoms with Crippen molar-refractivity contribution in [3.8, 4) is 5.88 Å². The van der Waals surface area contributed by atoms with Crippen LogP contribution in [0.2, 0.25) is 0 Å². The Morgan fingerprint density at radius 1 is 1.11 bits per heavy atom. The minimum Gasteiger partial charge on any atom is -0.466 e. The molecule has 11 heteroatoms. The number of carbonyl (C=O) groups excluding carboxylic acids is 3. The normalized spacial score (nSPS) is 30.6. The van der Waals surface area contributed by atoms with Crippen molar-refractivity contribution < 1.29 is 28.4 Å². The summed E-state index contributed by atoms with van der Waals surface area (Å²) >= 11 is 0. The van der Waals surface area contributed by atoms with Crippen molar-refractivity contribution in [1.29, 1.82) is 0 Å². The Kier molecular flexibility index (Phi) is 8.76. The number of hydrogen-bond acceptors (Lipinski definition) is 9. The summed E-state index contributed by atoms with van der Waals surface area (Å²) in [7, 11) is 3.70. The van der Waals surface area contributed by atoms with E-state index in [9.17, 15) is 14.4 Å². The van der Waals surface area contributed by atoms with Gasteiger partial charge in [-0.3, -0.25) is 14.5 Å². The number of aromatic nitrogens is 2. The maximum Gasteiger partial charge on any atom is 0.448 e. The average molecular weight is 618 g/mol. The zero-order valence-corrected chi connectivity index (χ0v) is 26.5. The number of nitrogens with two attached hydrogens (primary N) is 1. The third-order valence-electron chi connectivity index (χ3n) is 10.4. The van der Waals surface area contributed by atoms with Gasteiger partial charge in [-0.1, -0.05) is 24.1 Å². The first kappa shape index (κ1) is 31.3. The number of anilines is 1. The van der Waals surface area contributed by atoms with Crippen LogP contribution in [0.25, 0.3) is 0 Å². The summed E-state index contributed by atoms with van der Waals surface area (Å²) in [6.45, 7) is 9.93. The second kappa shape index (κ2) is 12.6. The first-order valence-electron chi connectivity index (χ1n) is 16.3. The third-order valence-corrected chi connectivity index (χ3v) is 10.4. The van der Waals surface area contributed by atoms with Crippen LogP contribution in [0.15, 0.2) is 36.6 Å². The van der Waals surface area contributed by atoms with Crippen LogP contribution in [0.4, 0.5) is 16.3 Å². The van der Waals surface area contributed by atoms with E-state index in [4.69, 9.17) is 20.2 Å². The van der Waals surface area contributed by atoms with Crippen LogP contribution >= 0.6 is 0 Å². The van der Waals surface area contributed by atoms with Crippen molar-refractivity contribution in [3.05, 3.63) is 42.4 Å². The zero-order chi connectivity index (χ0) is 31.9. The number of carbonyl (C=O) groups is 3. The van der Waals surface area contributed by atoms with Gasteiger partial charge in [-0.2, -0.15) is 9.56 Å². The fourth-order valence-electron chi connectivity index (χ4n) is 7.83. The Labute approximate surface area is 264 Å². The smallest absolute Gasteiger partial charge is 0.448 e.